The number of aliphatic hydroxyl groups excluding tert-OH is 1. The molecule has 0 aromatic carbocycles. The number of hydrogen-bond acceptors (Lipinski definition) is 2. The van der Waals surface area contributed by atoms with E-state index in [4.69, 9.17) is 9.84 Å². The van der Waals surface area contributed by atoms with Gasteiger partial charge in [0.1, 0.15) is 0 Å². The van der Waals surface area contributed by atoms with Gasteiger partial charge in [0.2, 0.25) is 0 Å². The van der Waals surface area contributed by atoms with Crippen LogP contribution in [0.1, 0.15) is 20.8 Å². The second-order valence-electron chi connectivity index (χ2n) is 2.23. The summed E-state index contributed by atoms with van der Waals surface area (Å²) < 4.78 is 5.05. The van der Waals surface area contributed by atoms with E-state index in [2.05, 4.69) is 0 Å². The first-order valence-electron chi connectivity index (χ1n) is 2.92. The molecule has 0 bridgehead atoms. The molecule has 2 nitrogen and oxygen atoms in total. The van der Waals surface area contributed by atoms with Crippen molar-refractivity contribution < 1.29 is 9.84 Å². The fourth-order valence-electron chi connectivity index (χ4n) is 0.332. The SMILES string of the molecule is CC(C)OC[C@H](C)O.S. The van der Waals surface area contributed by atoms with Crippen LogP contribution in [0.5, 0.6) is 0 Å². The number of hydrogen-bond donors (Lipinski definition) is 1. The third kappa shape index (κ3) is 11.7. The Morgan fingerprint density at radius 2 is 1.78 bits per heavy atom. The van der Waals surface area contributed by atoms with Crippen molar-refractivity contribution in [3.05, 3.63) is 0 Å². The van der Waals surface area contributed by atoms with Crippen LogP contribution in [0.3, 0.4) is 0 Å². The van der Waals surface area contributed by atoms with E-state index in [1.54, 1.807) is 6.92 Å². The Morgan fingerprint density at radius 1 is 1.33 bits per heavy atom. The Bertz CT molecular complexity index is 47.0. The molecule has 0 spiro atoms. The smallest absolute Gasteiger partial charge is 0.0745 e. The zero-order valence-corrected chi connectivity index (χ0v) is 7.22. The lowest BCUT2D eigenvalue weighted by Gasteiger charge is -2.07. The zero-order valence-electron chi connectivity index (χ0n) is 6.22. The van der Waals surface area contributed by atoms with Crippen molar-refractivity contribution in [3.8, 4) is 0 Å². The molecule has 0 heterocycles. The quantitative estimate of drug-likeness (QED) is 0.651. The fourth-order valence-corrected chi connectivity index (χ4v) is 0.332. The molecule has 0 amide bonds. The minimum atomic E-state index is -0.336. The van der Waals surface area contributed by atoms with Gasteiger partial charge in [0.05, 0.1) is 18.8 Å². The standard InChI is InChI=1S/C6H14O2.H2S/c1-5(2)8-4-6(3)7;/h5-7H,4H2,1-3H3;1H2/t6-;/m0./s1. The maximum absolute atomic E-state index is 8.68. The summed E-state index contributed by atoms with van der Waals surface area (Å²) >= 11 is 0. The highest BCUT2D eigenvalue weighted by atomic mass is 32.1. The summed E-state index contributed by atoms with van der Waals surface area (Å²) in [6.45, 7) is 6.05. The van der Waals surface area contributed by atoms with E-state index >= 15 is 0 Å². The lowest BCUT2D eigenvalue weighted by atomic mass is 10.4. The minimum absolute atomic E-state index is 0. The van der Waals surface area contributed by atoms with Crippen LogP contribution in [0, 0.1) is 0 Å². The van der Waals surface area contributed by atoms with Gasteiger partial charge in [-0.05, 0) is 20.8 Å². The molecule has 58 valence electrons. The lowest BCUT2D eigenvalue weighted by Crippen LogP contribution is -2.14. The van der Waals surface area contributed by atoms with Gasteiger partial charge in [0.25, 0.3) is 0 Å². The van der Waals surface area contributed by atoms with Crippen molar-refractivity contribution in [1.29, 1.82) is 0 Å². The summed E-state index contributed by atoms with van der Waals surface area (Å²) in [5.74, 6) is 0. The van der Waals surface area contributed by atoms with E-state index in [1.165, 1.54) is 0 Å². The summed E-state index contributed by atoms with van der Waals surface area (Å²) in [7, 11) is 0. The van der Waals surface area contributed by atoms with E-state index in [9.17, 15) is 0 Å². The number of ether oxygens (including phenoxy) is 1. The van der Waals surface area contributed by atoms with E-state index in [0.717, 1.165) is 0 Å². The Balaban J connectivity index is 0. The molecular formula is C6H16O2S. The third-order valence-electron chi connectivity index (χ3n) is 0.671. The summed E-state index contributed by atoms with van der Waals surface area (Å²) in [5.41, 5.74) is 0. The highest BCUT2D eigenvalue weighted by Gasteiger charge is 1.96. The van der Waals surface area contributed by atoms with Gasteiger partial charge in [-0.25, -0.2) is 0 Å². The molecular weight excluding hydrogens is 136 g/mol. The average Bonchev–Trinajstić information content (AvgIpc) is 1.61. The summed E-state index contributed by atoms with van der Waals surface area (Å²) in [5, 5.41) is 8.68. The molecule has 1 N–H and O–H groups in total. The summed E-state index contributed by atoms with van der Waals surface area (Å²) in [6.07, 6.45) is -0.109. The second-order valence-corrected chi connectivity index (χ2v) is 2.23. The van der Waals surface area contributed by atoms with Crippen LogP contribution in [0.4, 0.5) is 0 Å². The van der Waals surface area contributed by atoms with Crippen molar-refractivity contribution in [2.24, 2.45) is 0 Å². The molecule has 9 heavy (non-hydrogen) atoms. The van der Waals surface area contributed by atoms with Gasteiger partial charge in [0.15, 0.2) is 0 Å². The van der Waals surface area contributed by atoms with Crippen LogP contribution in [0.15, 0.2) is 0 Å². The van der Waals surface area contributed by atoms with Gasteiger partial charge in [-0.15, -0.1) is 0 Å². The van der Waals surface area contributed by atoms with E-state index in [0.29, 0.717) is 6.61 Å². The Morgan fingerprint density at radius 3 is 1.89 bits per heavy atom. The molecule has 3 heteroatoms. The topological polar surface area (TPSA) is 29.5 Å². The first-order chi connectivity index (χ1) is 3.63. The first-order valence-corrected chi connectivity index (χ1v) is 2.92. The van der Waals surface area contributed by atoms with Crippen molar-refractivity contribution in [3.63, 3.8) is 0 Å². The largest absolute Gasteiger partial charge is 0.391 e. The fraction of sp³-hybridized carbons (Fsp3) is 1.00. The van der Waals surface area contributed by atoms with E-state index < -0.39 is 0 Å². The second kappa shape index (κ2) is 6.39. The van der Waals surface area contributed by atoms with Gasteiger partial charge < -0.3 is 9.84 Å². The number of aliphatic hydroxyl groups is 1. The van der Waals surface area contributed by atoms with Gasteiger partial charge >= 0.3 is 0 Å². The van der Waals surface area contributed by atoms with Gasteiger partial charge in [-0.2, -0.15) is 13.5 Å². The van der Waals surface area contributed by atoms with Crippen molar-refractivity contribution in [2.45, 2.75) is 33.0 Å². The number of rotatable bonds is 3. The molecule has 0 radical (unpaired) electrons. The summed E-state index contributed by atoms with van der Waals surface area (Å²) in [6, 6.07) is 0. The highest BCUT2D eigenvalue weighted by molar-refractivity contribution is 7.59. The average molecular weight is 152 g/mol. The molecule has 0 aliphatic carbocycles. The Hall–Kier alpha value is 0.270. The molecule has 0 aromatic rings. The van der Waals surface area contributed by atoms with Crippen molar-refractivity contribution in [2.75, 3.05) is 6.61 Å². The van der Waals surface area contributed by atoms with Crippen LogP contribution in [-0.2, 0) is 4.74 Å². The predicted octanol–water partition coefficient (Wildman–Crippen LogP) is 0.905. The van der Waals surface area contributed by atoms with E-state index in [1.807, 2.05) is 13.8 Å². The molecule has 0 fully saturated rings. The first kappa shape index (κ1) is 12.0. The van der Waals surface area contributed by atoms with Crippen molar-refractivity contribution in [1.82, 2.24) is 0 Å². The van der Waals surface area contributed by atoms with Crippen LogP contribution in [0.2, 0.25) is 0 Å². The van der Waals surface area contributed by atoms with Crippen LogP contribution in [-0.4, -0.2) is 23.9 Å². The van der Waals surface area contributed by atoms with Gasteiger partial charge in [0, 0.05) is 0 Å². The Labute approximate surface area is 63.7 Å². The minimum Gasteiger partial charge on any atom is -0.391 e. The normalized spacial score (nSPS) is 13.0. The molecule has 0 saturated heterocycles. The maximum Gasteiger partial charge on any atom is 0.0745 e. The van der Waals surface area contributed by atoms with Crippen LogP contribution < -0.4 is 0 Å². The van der Waals surface area contributed by atoms with Gasteiger partial charge in [-0.1, -0.05) is 0 Å². The predicted molar refractivity (Wildman–Crippen MR) is 43.1 cm³/mol. The van der Waals surface area contributed by atoms with Crippen molar-refractivity contribution >= 4 is 13.5 Å². The molecule has 0 aliphatic rings. The summed E-state index contributed by atoms with van der Waals surface area (Å²) in [4.78, 5) is 0. The van der Waals surface area contributed by atoms with Crippen LogP contribution in [0.25, 0.3) is 0 Å². The monoisotopic (exact) mass is 152 g/mol. The Kier molecular flexibility index (Phi) is 8.52. The molecule has 1 atom stereocenters. The lowest BCUT2D eigenvalue weighted by molar-refractivity contribution is 0.0134. The highest BCUT2D eigenvalue weighted by Crippen LogP contribution is 1.89. The molecule has 0 aliphatic heterocycles. The van der Waals surface area contributed by atoms with Gasteiger partial charge in [-0.3, -0.25) is 0 Å². The zero-order chi connectivity index (χ0) is 6.57. The molecule has 0 aromatic heterocycles. The maximum atomic E-state index is 8.68. The third-order valence-corrected chi connectivity index (χ3v) is 0.671. The molecule has 0 unspecified atom stereocenters. The molecule has 0 rings (SSSR count). The van der Waals surface area contributed by atoms with E-state index in [-0.39, 0.29) is 25.7 Å². The van der Waals surface area contributed by atoms with Crippen LogP contribution >= 0.6 is 13.5 Å². The molecule has 0 saturated carbocycles.